The summed E-state index contributed by atoms with van der Waals surface area (Å²) in [7, 11) is 1.25. The number of ether oxygens (including phenoxy) is 1. The van der Waals surface area contributed by atoms with E-state index in [9.17, 15) is 8.42 Å². The molecule has 0 aliphatic heterocycles. The van der Waals surface area contributed by atoms with Gasteiger partial charge in [-0.3, -0.25) is 0 Å². The average molecular weight is 314 g/mol. The Kier molecular flexibility index (Phi) is 4.96. The summed E-state index contributed by atoms with van der Waals surface area (Å²) in [6.45, 7) is 0.263. The van der Waals surface area contributed by atoms with E-state index >= 15 is 0 Å². The molecule has 0 saturated carbocycles. The van der Waals surface area contributed by atoms with E-state index in [2.05, 4.69) is 5.92 Å². The van der Waals surface area contributed by atoms with Crippen LogP contribution < -0.4 is 4.74 Å². The first kappa shape index (κ1) is 14.5. The van der Waals surface area contributed by atoms with Gasteiger partial charge in [-0.05, 0) is 6.07 Å². The van der Waals surface area contributed by atoms with E-state index in [1.165, 1.54) is 6.07 Å². The van der Waals surface area contributed by atoms with Crippen LogP contribution in [0.3, 0.4) is 0 Å². The van der Waals surface area contributed by atoms with E-state index in [4.69, 9.17) is 45.0 Å². The van der Waals surface area contributed by atoms with Gasteiger partial charge in [0.2, 0.25) is 0 Å². The first-order chi connectivity index (χ1) is 7.86. The van der Waals surface area contributed by atoms with Gasteiger partial charge in [-0.15, -0.1) is 12.3 Å². The van der Waals surface area contributed by atoms with Crippen LogP contribution >= 0.6 is 33.9 Å². The van der Waals surface area contributed by atoms with Crippen molar-refractivity contribution in [3.05, 3.63) is 22.2 Å². The fraction of sp³-hybridized carbons (Fsp3) is 0.200. The minimum atomic E-state index is -3.93. The second kappa shape index (κ2) is 5.83. The molecule has 0 amide bonds. The smallest absolute Gasteiger partial charge is 0.262 e. The summed E-state index contributed by atoms with van der Waals surface area (Å²) in [5.41, 5.74) is 0. The van der Waals surface area contributed by atoms with Crippen LogP contribution in [0.4, 0.5) is 0 Å². The van der Waals surface area contributed by atoms with Crippen LogP contribution in [-0.4, -0.2) is 15.0 Å². The maximum atomic E-state index is 11.1. The number of benzene rings is 1. The van der Waals surface area contributed by atoms with Gasteiger partial charge in [-0.25, -0.2) is 8.42 Å². The van der Waals surface area contributed by atoms with E-state index in [1.807, 2.05) is 0 Å². The minimum Gasteiger partial charge on any atom is -0.491 e. The van der Waals surface area contributed by atoms with Gasteiger partial charge >= 0.3 is 0 Å². The van der Waals surface area contributed by atoms with Gasteiger partial charge in [0.25, 0.3) is 9.05 Å². The maximum Gasteiger partial charge on any atom is 0.262 e. The largest absolute Gasteiger partial charge is 0.491 e. The monoisotopic (exact) mass is 312 g/mol. The van der Waals surface area contributed by atoms with Gasteiger partial charge < -0.3 is 4.74 Å². The number of rotatable bonds is 4. The molecule has 0 saturated heterocycles. The minimum absolute atomic E-state index is 0.0555. The van der Waals surface area contributed by atoms with Crippen LogP contribution in [0.15, 0.2) is 17.0 Å². The van der Waals surface area contributed by atoms with E-state index in [1.54, 1.807) is 0 Å². The molecular weight excluding hydrogens is 307 g/mol. The molecule has 1 aromatic carbocycles. The topological polar surface area (TPSA) is 43.4 Å². The van der Waals surface area contributed by atoms with E-state index in [0.29, 0.717) is 6.42 Å². The lowest BCUT2D eigenvalue weighted by molar-refractivity contribution is 0.327. The van der Waals surface area contributed by atoms with Crippen LogP contribution in [0.5, 0.6) is 5.75 Å². The highest BCUT2D eigenvalue weighted by Gasteiger charge is 2.18. The highest BCUT2D eigenvalue weighted by Crippen LogP contribution is 2.34. The lowest BCUT2D eigenvalue weighted by atomic mass is 10.3. The first-order valence-corrected chi connectivity index (χ1v) is 7.42. The fourth-order valence-corrected chi connectivity index (χ4v) is 2.82. The molecule has 0 N–H and O–H groups in total. The molecule has 92 valence electrons. The summed E-state index contributed by atoms with van der Waals surface area (Å²) in [6, 6.07) is 2.42. The SMILES string of the molecule is C#CCCOc1cc(Cl)c(S(=O)(=O)Cl)cc1Cl. The van der Waals surface area contributed by atoms with Crippen LogP contribution in [0.2, 0.25) is 10.0 Å². The Labute approximate surface area is 114 Å². The molecule has 0 fully saturated rings. The molecule has 0 aliphatic carbocycles. The molecule has 0 aliphatic rings. The summed E-state index contributed by atoms with van der Waals surface area (Å²) in [5.74, 6) is 2.65. The molecule has 1 rings (SSSR count). The van der Waals surface area contributed by atoms with Crippen LogP contribution in [0, 0.1) is 12.3 Å². The highest BCUT2D eigenvalue weighted by atomic mass is 35.7. The Hall–Kier alpha value is -0.600. The predicted molar refractivity (Wildman–Crippen MR) is 68.4 cm³/mol. The van der Waals surface area contributed by atoms with E-state index in [-0.39, 0.29) is 27.3 Å². The number of terminal acetylenes is 1. The Morgan fingerprint density at radius 3 is 2.47 bits per heavy atom. The Morgan fingerprint density at radius 1 is 1.29 bits per heavy atom. The van der Waals surface area contributed by atoms with Crippen molar-refractivity contribution < 1.29 is 13.2 Å². The van der Waals surface area contributed by atoms with Crippen molar-refractivity contribution in [1.29, 1.82) is 0 Å². The van der Waals surface area contributed by atoms with Crippen molar-refractivity contribution in [1.82, 2.24) is 0 Å². The average Bonchev–Trinajstić information content (AvgIpc) is 2.21. The second-order valence-corrected chi connectivity index (χ2v) is 6.30. The lowest BCUT2D eigenvalue weighted by Crippen LogP contribution is -1.98. The quantitative estimate of drug-likeness (QED) is 0.486. The molecule has 3 nitrogen and oxygen atoms in total. The molecule has 1 aromatic rings. The van der Waals surface area contributed by atoms with Crippen LogP contribution in [0.1, 0.15) is 6.42 Å². The van der Waals surface area contributed by atoms with Crippen molar-refractivity contribution >= 4 is 42.9 Å². The normalized spacial score (nSPS) is 10.9. The third-order valence-corrected chi connectivity index (χ3v) is 3.84. The van der Waals surface area contributed by atoms with Gasteiger partial charge in [-0.1, -0.05) is 23.2 Å². The third-order valence-electron chi connectivity index (χ3n) is 1.75. The van der Waals surface area contributed by atoms with Gasteiger partial charge in [-0.2, -0.15) is 0 Å². The fourth-order valence-electron chi connectivity index (χ4n) is 1.03. The van der Waals surface area contributed by atoms with E-state index < -0.39 is 9.05 Å². The van der Waals surface area contributed by atoms with Gasteiger partial charge in [0, 0.05) is 23.2 Å². The number of hydrogen-bond acceptors (Lipinski definition) is 3. The molecule has 0 radical (unpaired) electrons. The maximum absolute atomic E-state index is 11.1. The zero-order valence-corrected chi connectivity index (χ0v) is 11.5. The van der Waals surface area contributed by atoms with Gasteiger partial charge in [0.1, 0.15) is 10.6 Å². The summed E-state index contributed by atoms with van der Waals surface area (Å²) in [6.07, 6.45) is 5.46. The van der Waals surface area contributed by atoms with Crippen molar-refractivity contribution in [2.24, 2.45) is 0 Å². The van der Waals surface area contributed by atoms with Crippen LogP contribution in [0.25, 0.3) is 0 Å². The van der Waals surface area contributed by atoms with Gasteiger partial charge in [0.05, 0.1) is 16.7 Å². The Bertz CT molecular complexity index is 561. The second-order valence-electron chi connectivity index (χ2n) is 2.95. The molecular formula is C10H7Cl3O3S. The molecule has 17 heavy (non-hydrogen) atoms. The molecule has 0 unspecified atom stereocenters. The van der Waals surface area contributed by atoms with Crippen molar-refractivity contribution in [3.63, 3.8) is 0 Å². The molecule has 0 atom stereocenters. The zero-order chi connectivity index (χ0) is 13.1. The van der Waals surface area contributed by atoms with Crippen molar-refractivity contribution in [3.8, 4) is 18.1 Å². The highest BCUT2D eigenvalue weighted by molar-refractivity contribution is 8.13. The molecule has 0 spiro atoms. The van der Waals surface area contributed by atoms with Crippen molar-refractivity contribution in [2.75, 3.05) is 6.61 Å². The predicted octanol–water partition coefficient (Wildman–Crippen LogP) is 3.32. The third kappa shape index (κ3) is 3.97. The summed E-state index contributed by atoms with van der Waals surface area (Å²) < 4.78 is 27.5. The summed E-state index contributed by atoms with van der Waals surface area (Å²) >= 11 is 11.6. The summed E-state index contributed by atoms with van der Waals surface area (Å²) in [5, 5.41) is 0.0470. The molecule has 0 heterocycles. The Morgan fingerprint density at radius 2 is 1.94 bits per heavy atom. The molecule has 0 bridgehead atoms. The van der Waals surface area contributed by atoms with Gasteiger partial charge in [0.15, 0.2) is 0 Å². The zero-order valence-electron chi connectivity index (χ0n) is 8.41. The first-order valence-electron chi connectivity index (χ1n) is 4.36. The van der Waals surface area contributed by atoms with E-state index in [0.717, 1.165) is 6.07 Å². The molecule has 7 heteroatoms. The number of halogens is 3. The molecule has 0 aromatic heterocycles. The standard InChI is InChI=1S/C10H7Cl3O3S/c1-2-3-4-16-9-5-8(12)10(6-7(9)11)17(13,14)15/h1,5-6H,3-4H2. The van der Waals surface area contributed by atoms with Crippen molar-refractivity contribution in [2.45, 2.75) is 11.3 Å². The number of hydrogen-bond donors (Lipinski definition) is 0. The lowest BCUT2D eigenvalue weighted by Gasteiger charge is -2.08. The summed E-state index contributed by atoms with van der Waals surface area (Å²) in [4.78, 5) is -0.255. The Balaban J connectivity index is 3.07. The van der Waals surface area contributed by atoms with Crippen LogP contribution in [-0.2, 0) is 9.05 Å².